The van der Waals surface area contributed by atoms with E-state index in [0.29, 0.717) is 23.9 Å². The van der Waals surface area contributed by atoms with Crippen LogP contribution in [0.5, 0.6) is 0 Å². The zero-order chi connectivity index (χ0) is 18.6. The third-order valence-corrected chi connectivity index (χ3v) is 6.52. The second-order valence-electron chi connectivity index (χ2n) is 8.46. The lowest BCUT2D eigenvalue weighted by Gasteiger charge is -2.39. The molecule has 0 bridgehead atoms. The highest BCUT2D eigenvalue weighted by atomic mass is 16.2. The molecule has 1 atom stereocenters. The number of fused-ring (bicyclic) bond motifs is 1. The molecule has 3 saturated heterocycles. The van der Waals surface area contributed by atoms with Gasteiger partial charge in [-0.3, -0.25) is 24.6 Å². The average molecular weight is 368 g/mol. The molecule has 2 N–H and O–H groups in total. The molecule has 27 heavy (non-hydrogen) atoms. The van der Waals surface area contributed by atoms with Gasteiger partial charge in [-0.1, -0.05) is 12.1 Å². The lowest BCUT2D eigenvalue weighted by atomic mass is 9.81. The third-order valence-electron chi connectivity index (χ3n) is 6.52. The molecule has 1 aromatic rings. The quantitative estimate of drug-likeness (QED) is 0.747. The van der Waals surface area contributed by atoms with Gasteiger partial charge >= 0.3 is 0 Å². The van der Waals surface area contributed by atoms with Crippen molar-refractivity contribution in [1.82, 2.24) is 20.4 Å². The van der Waals surface area contributed by atoms with Crippen LogP contribution in [-0.4, -0.2) is 59.7 Å². The van der Waals surface area contributed by atoms with E-state index in [1.54, 1.807) is 4.90 Å². The predicted octanol–water partition coefficient (Wildman–Crippen LogP) is 0.243. The number of carbonyl (C=O) groups is 3. The minimum atomic E-state index is -0.546. The Morgan fingerprint density at radius 1 is 1.19 bits per heavy atom. The van der Waals surface area contributed by atoms with Gasteiger partial charge in [0.25, 0.3) is 5.91 Å². The standard InChI is InChI=1S/C20H24N4O3/c25-17-4-3-16(18(26)22-17)24-9-14-2-1-13(7-15(14)19(24)27)8-23-6-5-20(12-23)10-21-11-20/h1-2,7,16,21H,3-6,8-12H2,(H,22,25,26). The monoisotopic (exact) mass is 368 g/mol. The Morgan fingerprint density at radius 2 is 2.04 bits per heavy atom. The third kappa shape index (κ3) is 2.85. The first-order valence-corrected chi connectivity index (χ1v) is 9.73. The van der Waals surface area contributed by atoms with Crippen LogP contribution in [0.2, 0.25) is 0 Å². The van der Waals surface area contributed by atoms with Crippen molar-refractivity contribution in [3.05, 3.63) is 34.9 Å². The molecular weight excluding hydrogens is 344 g/mol. The van der Waals surface area contributed by atoms with Crippen molar-refractivity contribution in [2.75, 3.05) is 26.2 Å². The summed E-state index contributed by atoms with van der Waals surface area (Å²) in [5.74, 6) is -0.709. The van der Waals surface area contributed by atoms with E-state index in [1.807, 2.05) is 12.1 Å². The van der Waals surface area contributed by atoms with Gasteiger partial charge in [-0.25, -0.2) is 0 Å². The van der Waals surface area contributed by atoms with Gasteiger partial charge in [0.2, 0.25) is 11.8 Å². The SMILES string of the molecule is O=C1CCC(N2Cc3ccc(CN4CCC5(CNC5)C4)cc3C2=O)C(=O)N1. The lowest BCUT2D eigenvalue weighted by Crippen LogP contribution is -2.54. The van der Waals surface area contributed by atoms with E-state index in [4.69, 9.17) is 0 Å². The topological polar surface area (TPSA) is 81.8 Å². The molecule has 5 rings (SSSR count). The Bertz CT molecular complexity index is 833. The minimum absolute atomic E-state index is 0.0950. The van der Waals surface area contributed by atoms with Crippen LogP contribution in [0.1, 0.15) is 40.7 Å². The molecule has 7 heteroatoms. The van der Waals surface area contributed by atoms with Crippen LogP contribution in [0.3, 0.4) is 0 Å². The van der Waals surface area contributed by atoms with Crippen molar-refractivity contribution in [2.45, 2.75) is 38.4 Å². The van der Waals surface area contributed by atoms with Crippen LogP contribution in [0, 0.1) is 5.41 Å². The van der Waals surface area contributed by atoms with Gasteiger partial charge < -0.3 is 10.2 Å². The summed E-state index contributed by atoms with van der Waals surface area (Å²) in [6.45, 7) is 5.77. The summed E-state index contributed by atoms with van der Waals surface area (Å²) in [7, 11) is 0. The molecule has 0 aliphatic carbocycles. The fourth-order valence-corrected chi connectivity index (χ4v) is 4.89. The number of imide groups is 1. The molecule has 142 valence electrons. The number of piperidine rings is 1. The molecule has 1 unspecified atom stereocenters. The first-order valence-electron chi connectivity index (χ1n) is 9.73. The maximum atomic E-state index is 12.9. The fourth-order valence-electron chi connectivity index (χ4n) is 4.89. The van der Waals surface area contributed by atoms with Crippen molar-refractivity contribution in [2.24, 2.45) is 5.41 Å². The highest BCUT2D eigenvalue weighted by Crippen LogP contribution is 2.35. The van der Waals surface area contributed by atoms with Crippen molar-refractivity contribution in [3.63, 3.8) is 0 Å². The van der Waals surface area contributed by atoms with Crippen LogP contribution in [0.4, 0.5) is 0 Å². The maximum absolute atomic E-state index is 12.9. The van der Waals surface area contributed by atoms with Gasteiger partial charge in [-0.05, 0) is 36.6 Å². The maximum Gasteiger partial charge on any atom is 0.255 e. The van der Waals surface area contributed by atoms with E-state index in [1.165, 1.54) is 6.42 Å². The Morgan fingerprint density at radius 3 is 2.74 bits per heavy atom. The molecule has 0 radical (unpaired) electrons. The highest BCUT2D eigenvalue weighted by Gasteiger charge is 2.43. The zero-order valence-corrected chi connectivity index (χ0v) is 15.3. The Hall–Kier alpha value is -2.25. The molecule has 7 nitrogen and oxygen atoms in total. The van der Waals surface area contributed by atoms with Gasteiger partial charge in [0, 0.05) is 50.1 Å². The number of amides is 3. The number of hydrogen-bond donors (Lipinski definition) is 2. The van der Waals surface area contributed by atoms with Gasteiger partial charge in [0.15, 0.2) is 0 Å². The van der Waals surface area contributed by atoms with Crippen LogP contribution < -0.4 is 10.6 Å². The molecule has 4 aliphatic heterocycles. The van der Waals surface area contributed by atoms with Crippen molar-refractivity contribution in [1.29, 1.82) is 0 Å². The Balaban J connectivity index is 1.29. The number of nitrogens with zero attached hydrogens (tertiary/aromatic N) is 2. The highest BCUT2D eigenvalue weighted by molar-refractivity contribution is 6.05. The number of likely N-dealkylation sites (tertiary alicyclic amines) is 1. The Labute approximate surface area is 158 Å². The fraction of sp³-hybridized carbons (Fsp3) is 0.550. The smallest absolute Gasteiger partial charge is 0.255 e. The van der Waals surface area contributed by atoms with Crippen molar-refractivity contribution in [3.8, 4) is 0 Å². The molecule has 4 aliphatic rings. The van der Waals surface area contributed by atoms with Gasteiger partial charge in [0.1, 0.15) is 6.04 Å². The van der Waals surface area contributed by atoms with E-state index in [0.717, 1.165) is 43.9 Å². The second-order valence-corrected chi connectivity index (χ2v) is 8.46. The predicted molar refractivity (Wildman–Crippen MR) is 97.7 cm³/mol. The summed E-state index contributed by atoms with van der Waals surface area (Å²) < 4.78 is 0. The van der Waals surface area contributed by atoms with E-state index >= 15 is 0 Å². The first-order chi connectivity index (χ1) is 13.0. The van der Waals surface area contributed by atoms with Crippen molar-refractivity contribution < 1.29 is 14.4 Å². The first kappa shape index (κ1) is 16.9. The van der Waals surface area contributed by atoms with Gasteiger partial charge in [-0.2, -0.15) is 0 Å². The average Bonchev–Trinajstić information content (AvgIpc) is 3.18. The number of hydrogen-bond acceptors (Lipinski definition) is 5. The summed E-state index contributed by atoms with van der Waals surface area (Å²) in [5.41, 5.74) is 3.29. The largest absolute Gasteiger partial charge is 0.322 e. The summed E-state index contributed by atoms with van der Waals surface area (Å²) in [5, 5.41) is 5.73. The number of benzene rings is 1. The van der Waals surface area contributed by atoms with Crippen LogP contribution in [0.25, 0.3) is 0 Å². The van der Waals surface area contributed by atoms with Crippen LogP contribution >= 0.6 is 0 Å². The van der Waals surface area contributed by atoms with Gasteiger partial charge in [0.05, 0.1) is 0 Å². The van der Waals surface area contributed by atoms with Gasteiger partial charge in [-0.15, -0.1) is 0 Å². The van der Waals surface area contributed by atoms with E-state index < -0.39 is 6.04 Å². The number of carbonyl (C=O) groups excluding carboxylic acids is 3. The van der Waals surface area contributed by atoms with Crippen LogP contribution in [0.15, 0.2) is 18.2 Å². The normalized spacial score (nSPS) is 27.0. The number of nitrogens with one attached hydrogen (secondary N) is 2. The summed E-state index contributed by atoms with van der Waals surface area (Å²) >= 11 is 0. The molecule has 0 aromatic heterocycles. The van der Waals surface area contributed by atoms with Crippen LogP contribution in [-0.2, 0) is 22.7 Å². The van der Waals surface area contributed by atoms with E-state index in [9.17, 15) is 14.4 Å². The summed E-state index contributed by atoms with van der Waals surface area (Å²) in [6, 6.07) is 5.57. The lowest BCUT2D eigenvalue weighted by molar-refractivity contribution is -0.136. The number of rotatable bonds is 3. The van der Waals surface area contributed by atoms with E-state index in [-0.39, 0.29) is 24.1 Å². The summed E-state index contributed by atoms with van der Waals surface area (Å²) in [4.78, 5) is 40.5. The summed E-state index contributed by atoms with van der Waals surface area (Å²) in [6.07, 6.45) is 1.93. The zero-order valence-electron chi connectivity index (χ0n) is 15.3. The molecule has 3 amide bonds. The van der Waals surface area contributed by atoms with Crippen molar-refractivity contribution >= 4 is 17.7 Å². The molecular formula is C20H24N4O3. The Kier molecular flexibility index (Phi) is 3.84. The molecule has 1 spiro atoms. The molecule has 1 aromatic carbocycles. The second kappa shape index (κ2) is 6.14. The molecule has 0 saturated carbocycles. The molecule has 3 fully saturated rings. The van der Waals surface area contributed by atoms with E-state index in [2.05, 4.69) is 21.6 Å². The minimum Gasteiger partial charge on any atom is -0.322 e. The molecule has 4 heterocycles.